The van der Waals surface area contributed by atoms with Crippen molar-refractivity contribution in [3.8, 4) is 0 Å². The summed E-state index contributed by atoms with van der Waals surface area (Å²) < 4.78 is 36.8. The molecule has 0 aromatic heterocycles. The van der Waals surface area contributed by atoms with Crippen molar-refractivity contribution >= 4 is 17.3 Å². The predicted octanol–water partition coefficient (Wildman–Crippen LogP) is 1.75. The number of hydrazine groups is 1. The lowest BCUT2D eigenvalue weighted by Gasteiger charge is -2.12. The first-order chi connectivity index (χ1) is 7.30. The van der Waals surface area contributed by atoms with Gasteiger partial charge in [-0.1, -0.05) is 0 Å². The molecule has 1 amide bonds. The van der Waals surface area contributed by atoms with Gasteiger partial charge in [0.05, 0.1) is 16.9 Å². The van der Waals surface area contributed by atoms with E-state index in [1.165, 1.54) is 6.92 Å². The van der Waals surface area contributed by atoms with Crippen LogP contribution >= 0.6 is 0 Å². The minimum absolute atomic E-state index is 0.0939. The Bertz CT molecular complexity index is 403. The topological polar surface area (TPSA) is 67.2 Å². The Labute approximate surface area is 89.6 Å². The maximum atomic E-state index is 12.3. The zero-order valence-corrected chi connectivity index (χ0v) is 8.35. The molecule has 0 aliphatic carbocycles. The summed E-state index contributed by atoms with van der Waals surface area (Å²) in [6.45, 7) is 1.26. The maximum absolute atomic E-state index is 12.3. The molecular formula is C9H10F3N3O. The standard InChI is InChI=1S/C9H10F3N3O/c1-5(16)14-15-8-3-2-6(4-7(8)13)9(10,11)12/h2-4,15H,13H2,1H3,(H,14,16). The van der Waals surface area contributed by atoms with E-state index in [1.54, 1.807) is 0 Å². The quantitative estimate of drug-likeness (QED) is 0.538. The van der Waals surface area contributed by atoms with Gasteiger partial charge in [-0.3, -0.25) is 15.6 Å². The van der Waals surface area contributed by atoms with Crippen LogP contribution in [0.4, 0.5) is 24.5 Å². The second kappa shape index (κ2) is 4.30. The van der Waals surface area contributed by atoms with Crippen molar-refractivity contribution in [3.63, 3.8) is 0 Å². The van der Waals surface area contributed by atoms with Gasteiger partial charge in [-0.25, -0.2) is 0 Å². The number of carbonyl (C=O) groups excluding carboxylic acids is 1. The molecule has 0 fully saturated rings. The number of nitrogens with one attached hydrogen (secondary N) is 2. The molecule has 0 heterocycles. The number of nitrogen functional groups attached to an aromatic ring is 1. The van der Waals surface area contributed by atoms with Crippen LogP contribution in [0.5, 0.6) is 0 Å². The fourth-order valence-corrected chi connectivity index (χ4v) is 1.01. The average Bonchev–Trinajstić information content (AvgIpc) is 2.14. The van der Waals surface area contributed by atoms with E-state index >= 15 is 0 Å². The molecule has 0 saturated heterocycles. The van der Waals surface area contributed by atoms with Gasteiger partial charge in [-0.05, 0) is 18.2 Å². The zero-order chi connectivity index (χ0) is 12.3. The number of alkyl halides is 3. The van der Waals surface area contributed by atoms with Gasteiger partial charge in [0, 0.05) is 6.92 Å². The van der Waals surface area contributed by atoms with Gasteiger partial charge in [0.2, 0.25) is 5.91 Å². The Morgan fingerprint density at radius 1 is 1.38 bits per heavy atom. The van der Waals surface area contributed by atoms with Crippen LogP contribution in [0, 0.1) is 0 Å². The molecule has 7 heteroatoms. The van der Waals surface area contributed by atoms with Crippen LogP contribution in [0.2, 0.25) is 0 Å². The van der Waals surface area contributed by atoms with Crippen LogP contribution in [0.1, 0.15) is 12.5 Å². The van der Waals surface area contributed by atoms with Gasteiger partial charge in [0.15, 0.2) is 0 Å². The normalized spacial score (nSPS) is 11.0. The summed E-state index contributed by atoms with van der Waals surface area (Å²) in [5, 5.41) is 0. The lowest BCUT2D eigenvalue weighted by molar-refractivity contribution is -0.137. The van der Waals surface area contributed by atoms with E-state index in [2.05, 4.69) is 10.9 Å². The number of carbonyl (C=O) groups is 1. The van der Waals surface area contributed by atoms with Crippen molar-refractivity contribution in [2.75, 3.05) is 11.2 Å². The molecule has 4 nitrogen and oxygen atoms in total. The lowest BCUT2D eigenvalue weighted by Crippen LogP contribution is -2.27. The molecule has 0 spiro atoms. The number of nitrogens with two attached hydrogens (primary N) is 1. The van der Waals surface area contributed by atoms with Gasteiger partial charge in [-0.2, -0.15) is 13.2 Å². The molecular weight excluding hydrogens is 223 g/mol. The number of benzene rings is 1. The van der Waals surface area contributed by atoms with Crippen molar-refractivity contribution in [2.24, 2.45) is 0 Å². The smallest absolute Gasteiger partial charge is 0.397 e. The third kappa shape index (κ3) is 3.04. The Kier molecular flexibility index (Phi) is 3.26. The number of amides is 1. The minimum Gasteiger partial charge on any atom is -0.397 e. The Hall–Kier alpha value is -1.92. The fraction of sp³-hybridized carbons (Fsp3) is 0.222. The number of halogens is 3. The van der Waals surface area contributed by atoms with Gasteiger partial charge in [0.25, 0.3) is 0 Å². The van der Waals surface area contributed by atoms with Gasteiger partial charge in [0.1, 0.15) is 0 Å². The van der Waals surface area contributed by atoms with E-state index in [0.717, 1.165) is 18.2 Å². The molecule has 1 rings (SSSR count). The van der Waals surface area contributed by atoms with Crippen molar-refractivity contribution in [3.05, 3.63) is 23.8 Å². The van der Waals surface area contributed by atoms with Crippen LogP contribution in [0.25, 0.3) is 0 Å². The molecule has 0 bridgehead atoms. The molecule has 1 aromatic carbocycles. The fourth-order valence-electron chi connectivity index (χ4n) is 1.01. The minimum atomic E-state index is -4.43. The molecule has 88 valence electrons. The van der Waals surface area contributed by atoms with Crippen molar-refractivity contribution in [2.45, 2.75) is 13.1 Å². The molecule has 4 N–H and O–H groups in total. The SMILES string of the molecule is CC(=O)NNc1ccc(C(F)(F)F)cc1N. The first-order valence-electron chi connectivity index (χ1n) is 4.30. The van der Waals surface area contributed by atoms with Crippen LogP contribution in [0.3, 0.4) is 0 Å². The summed E-state index contributed by atoms with van der Waals surface area (Å²) in [7, 11) is 0. The summed E-state index contributed by atoms with van der Waals surface area (Å²) in [5.74, 6) is -0.376. The Morgan fingerprint density at radius 2 is 2.00 bits per heavy atom. The Balaban J connectivity index is 2.88. The van der Waals surface area contributed by atoms with Crippen molar-refractivity contribution in [1.82, 2.24) is 5.43 Å². The number of hydrogen-bond donors (Lipinski definition) is 3. The molecule has 1 aromatic rings. The lowest BCUT2D eigenvalue weighted by atomic mass is 10.1. The molecule has 0 aliphatic heterocycles. The number of hydrogen-bond acceptors (Lipinski definition) is 3. The van der Waals surface area contributed by atoms with E-state index in [-0.39, 0.29) is 17.3 Å². The molecule has 0 aliphatic rings. The first kappa shape index (κ1) is 12.2. The van der Waals surface area contributed by atoms with Crippen molar-refractivity contribution < 1.29 is 18.0 Å². The summed E-state index contributed by atoms with van der Waals surface area (Å²) >= 11 is 0. The molecule has 0 unspecified atom stereocenters. The predicted molar refractivity (Wildman–Crippen MR) is 53.3 cm³/mol. The summed E-state index contributed by atoms with van der Waals surface area (Å²) in [6, 6.07) is 2.82. The van der Waals surface area contributed by atoms with E-state index in [0.29, 0.717) is 0 Å². The highest BCUT2D eigenvalue weighted by molar-refractivity contribution is 5.76. The number of anilines is 2. The zero-order valence-electron chi connectivity index (χ0n) is 8.35. The monoisotopic (exact) mass is 233 g/mol. The average molecular weight is 233 g/mol. The van der Waals surface area contributed by atoms with Crippen LogP contribution in [-0.4, -0.2) is 5.91 Å². The van der Waals surface area contributed by atoms with Crippen LogP contribution in [-0.2, 0) is 11.0 Å². The summed E-state index contributed by atoms with van der Waals surface area (Å²) in [4.78, 5) is 10.6. The molecule has 0 atom stereocenters. The van der Waals surface area contributed by atoms with Gasteiger partial charge >= 0.3 is 6.18 Å². The highest BCUT2D eigenvalue weighted by Gasteiger charge is 2.30. The van der Waals surface area contributed by atoms with E-state index < -0.39 is 11.7 Å². The van der Waals surface area contributed by atoms with Crippen molar-refractivity contribution in [1.29, 1.82) is 0 Å². The van der Waals surface area contributed by atoms with E-state index in [4.69, 9.17) is 5.73 Å². The summed E-state index contributed by atoms with van der Waals surface area (Å²) in [6.07, 6.45) is -4.43. The largest absolute Gasteiger partial charge is 0.416 e. The highest BCUT2D eigenvalue weighted by atomic mass is 19.4. The van der Waals surface area contributed by atoms with E-state index in [1.807, 2.05) is 0 Å². The second-order valence-corrected chi connectivity index (χ2v) is 3.11. The third-order valence-electron chi connectivity index (χ3n) is 1.75. The third-order valence-corrected chi connectivity index (χ3v) is 1.75. The first-order valence-corrected chi connectivity index (χ1v) is 4.30. The Morgan fingerprint density at radius 3 is 2.44 bits per heavy atom. The highest BCUT2D eigenvalue weighted by Crippen LogP contribution is 2.32. The van der Waals surface area contributed by atoms with Crippen LogP contribution < -0.4 is 16.6 Å². The molecule has 16 heavy (non-hydrogen) atoms. The molecule has 0 radical (unpaired) electrons. The van der Waals surface area contributed by atoms with Gasteiger partial charge in [-0.15, -0.1) is 0 Å². The van der Waals surface area contributed by atoms with Crippen LogP contribution in [0.15, 0.2) is 18.2 Å². The summed E-state index contributed by atoms with van der Waals surface area (Å²) in [5.41, 5.74) is 9.28. The molecule has 0 saturated carbocycles. The maximum Gasteiger partial charge on any atom is 0.416 e. The van der Waals surface area contributed by atoms with Gasteiger partial charge < -0.3 is 5.73 Å². The second-order valence-electron chi connectivity index (χ2n) is 3.11. The van der Waals surface area contributed by atoms with E-state index in [9.17, 15) is 18.0 Å². The number of rotatable bonds is 2.